The third-order valence-electron chi connectivity index (χ3n) is 7.85. The summed E-state index contributed by atoms with van der Waals surface area (Å²) in [7, 11) is 0. The molecular formula is C30H37F3N2O3. The van der Waals surface area contributed by atoms with Gasteiger partial charge in [-0.25, -0.2) is 4.79 Å². The first kappa shape index (κ1) is 28.0. The van der Waals surface area contributed by atoms with Gasteiger partial charge in [-0.2, -0.15) is 13.2 Å². The molecule has 0 aromatic heterocycles. The first-order chi connectivity index (χ1) is 18.2. The van der Waals surface area contributed by atoms with Gasteiger partial charge in [-0.1, -0.05) is 43.0 Å². The fourth-order valence-electron chi connectivity index (χ4n) is 5.63. The molecule has 2 aromatic rings. The van der Waals surface area contributed by atoms with Crippen molar-refractivity contribution in [2.75, 3.05) is 39.4 Å². The van der Waals surface area contributed by atoms with E-state index in [1.54, 1.807) is 17.0 Å². The van der Waals surface area contributed by atoms with E-state index in [4.69, 9.17) is 9.47 Å². The Balaban J connectivity index is 1.36. The first-order valence-corrected chi connectivity index (χ1v) is 13.4. The van der Waals surface area contributed by atoms with Gasteiger partial charge < -0.3 is 19.3 Å². The molecule has 0 radical (unpaired) electrons. The van der Waals surface area contributed by atoms with Gasteiger partial charge >= 0.3 is 12.3 Å². The number of halogens is 3. The van der Waals surface area contributed by atoms with Crippen LogP contribution in [0, 0.1) is 0 Å². The van der Waals surface area contributed by atoms with Crippen molar-refractivity contribution in [1.82, 2.24) is 9.80 Å². The van der Waals surface area contributed by atoms with Crippen molar-refractivity contribution in [1.29, 1.82) is 0 Å². The van der Waals surface area contributed by atoms with E-state index in [9.17, 15) is 18.0 Å². The Labute approximate surface area is 223 Å². The van der Waals surface area contributed by atoms with Crippen LogP contribution < -0.4 is 0 Å². The molecule has 2 aliphatic heterocycles. The van der Waals surface area contributed by atoms with Crippen LogP contribution in [0.5, 0.6) is 0 Å². The van der Waals surface area contributed by atoms with E-state index in [1.165, 1.54) is 12.1 Å². The van der Waals surface area contributed by atoms with Gasteiger partial charge in [-0.15, -0.1) is 0 Å². The molecule has 5 nitrogen and oxygen atoms in total. The van der Waals surface area contributed by atoms with Gasteiger partial charge in [-0.05, 0) is 74.3 Å². The van der Waals surface area contributed by atoms with Gasteiger partial charge in [0, 0.05) is 38.5 Å². The molecule has 2 saturated heterocycles. The van der Waals surface area contributed by atoms with Crippen molar-refractivity contribution >= 4 is 11.8 Å². The van der Waals surface area contributed by atoms with E-state index in [0.717, 1.165) is 48.3 Å². The molecule has 8 heteroatoms. The summed E-state index contributed by atoms with van der Waals surface area (Å²) in [5, 5.41) is 0. The Bertz CT molecular complexity index is 1080. The highest BCUT2D eigenvalue weighted by Crippen LogP contribution is 2.38. The lowest BCUT2D eigenvalue weighted by atomic mass is 9.83. The molecule has 1 amide bonds. The van der Waals surface area contributed by atoms with Crippen LogP contribution in [0.15, 0.2) is 55.1 Å². The zero-order valence-corrected chi connectivity index (χ0v) is 22.2. The number of benzene rings is 2. The van der Waals surface area contributed by atoms with Crippen LogP contribution in [0.4, 0.5) is 18.0 Å². The minimum atomic E-state index is -4.31. The van der Waals surface area contributed by atoms with Crippen molar-refractivity contribution in [2.45, 2.75) is 57.2 Å². The van der Waals surface area contributed by atoms with E-state index in [-0.39, 0.29) is 12.0 Å². The Hall–Kier alpha value is -3.00. The maximum absolute atomic E-state index is 12.9. The Morgan fingerprint density at radius 2 is 1.53 bits per heavy atom. The van der Waals surface area contributed by atoms with Gasteiger partial charge in [0.15, 0.2) is 0 Å². The topological polar surface area (TPSA) is 42.0 Å². The van der Waals surface area contributed by atoms with Crippen molar-refractivity contribution in [2.24, 2.45) is 0 Å². The number of rotatable bonds is 7. The zero-order chi connectivity index (χ0) is 27.3. The molecule has 206 valence electrons. The standard InChI is InChI=1S/C30H37F3N2O3/c1-4-37-28(36)35-20-16-29(17-21-35,38-5-2)26-10-6-23(7-11-26)22(3)34-18-14-25(15-19-34)24-8-12-27(13-9-24)30(31,32)33/h6-13,25H,3-5,14-21H2,1-2H3. The van der Waals surface area contributed by atoms with Crippen LogP contribution >= 0.6 is 0 Å². The van der Waals surface area contributed by atoms with E-state index < -0.39 is 17.3 Å². The second-order valence-electron chi connectivity index (χ2n) is 10.0. The van der Waals surface area contributed by atoms with Crippen molar-refractivity contribution in [3.63, 3.8) is 0 Å². The quantitative estimate of drug-likeness (QED) is 0.385. The monoisotopic (exact) mass is 530 g/mol. The lowest BCUT2D eigenvalue weighted by Gasteiger charge is -2.41. The van der Waals surface area contributed by atoms with Gasteiger partial charge in [0.05, 0.1) is 17.8 Å². The van der Waals surface area contributed by atoms with E-state index in [2.05, 4.69) is 35.7 Å². The maximum atomic E-state index is 12.9. The van der Waals surface area contributed by atoms with E-state index in [1.807, 2.05) is 13.8 Å². The maximum Gasteiger partial charge on any atom is 0.416 e. The molecule has 0 unspecified atom stereocenters. The number of hydrogen-bond acceptors (Lipinski definition) is 4. The van der Waals surface area contributed by atoms with Crippen molar-refractivity contribution < 1.29 is 27.4 Å². The summed E-state index contributed by atoms with van der Waals surface area (Å²) in [6.45, 7) is 11.9. The van der Waals surface area contributed by atoms with Gasteiger partial charge in [0.2, 0.25) is 0 Å². The summed E-state index contributed by atoms with van der Waals surface area (Å²) >= 11 is 0. The summed E-state index contributed by atoms with van der Waals surface area (Å²) in [5.74, 6) is 0.246. The van der Waals surface area contributed by atoms with Gasteiger partial charge in [0.1, 0.15) is 0 Å². The zero-order valence-electron chi connectivity index (χ0n) is 22.2. The van der Waals surface area contributed by atoms with Crippen LogP contribution in [0.1, 0.15) is 67.7 Å². The van der Waals surface area contributed by atoms with Crippen molar-refractivity contribution in [3.8, 4) is 0 Å². The fourth-order valence-corrected chi connectivity index (χ4v) is 5.63. The number of carbonyl (C=O) groups excluding carboxylic acids is 1. The van der Waals surface area contributed by atoms with Gasteiger partial charge in [0.25, 0.3) is 0 Å². The molecule has 0 aliphatic carbocycles. The number of piperidine rings is 2. The molecule has 2 fully saturated rings. The lowest BCUT2D eigenvalue weighted by molar-refractivity contribution is -0.137. The van der Waals surface area contributed by atoms with E-state index in [0.29, 0.717) is 39.1 Å². The summed E-state index contributed by atoms with van der Waals surface area (Å²) in [4.78, 5) is 16.1. The molecule has 0 atom stereocenters. The van der Waals surface area contributed by atoms with Gasteiger partial charge in [-0.3, -0.25) is 0 Å². The van der Waals surface area contributed by atoms with Crippen molar-refractivity contribution in [3.05, 3.63) is 77.4 Å². The minimum absolute atomic E-state index is 0.246. The summed E-state index contributed by atoms with van der Waals surface area (Å²) in [5.41, 5.74) is 3.01. The predicted molar refractivity (Wildman–Crippen MR) is 142 cm³/mol. The molecule has 38 heavy (non-hydrogen) atoms. The number of alkyl halides is 3. The van der Waals surface area contributed by atoms with Crippen LogP contribution in [-0.4, -0.2) is 55.3 Å². The molecule has 2 heterocycles. The molecule has 2 aromatic carbocycles. The second-order valence-corrected chi connectivity index (χ2v) is 10.0. The van der Waals surface area contributed by atoms with Crippen LogP contribution in [0.3, 0.4) is 0 Å². The van der Waals surface area contributed by atoms with E-state index >= 15 is 0 Å². The number of hydrogen-bond donors (Lipinski definition) is 0. The molecular weight excluding hydrogens is 493 g/mol. The number of ether oxygens (including phenoxy) is 2. The lowest BCUT2D eigenvalue weighted by Crippen LogP contribution is -2.46. The number of likely N-dealkylation sites (tertiary alicyclic amines) is 2. The number of amides is 1. The molecule has 0 spiro atoms. The minimum Gasteiger partial charge on any atom is -0.450 e. The largest absolute Gasteiger partial charge is 0.450 e. The first-order valence-electron chi connectivity index (χ1n) is 13.4. The number of nitrogens with zero attached hydrogens (tertiary/aromatic N) is 2. The molecule has 0 saturated carbocycles. The summed E-state index contributed by atoms with van der Waals surface area (Å²) < 4.78 is 50.1. The SMILES string of the molecule is C=C(c1ccc(C2(OCC)CCN(C(=O)OCC)CC2)cc1)N1CCC(c2ccc(C(F)(F)F)cc2)CC1. The average molecular weight is 531 g/mol. The second kappa shape index (κ2) is 11.8. The Morgan fingerprint density at radius 3 is 2.05 bits per heavy atom. The van der Waals surface area contributed by atoms with Crippen LogP contribution in [-0.2, 0) is 21.3 Å². The average Bonchev–Trinajstić information content (AvgIpc) is 2.93. The third kappa shape index (κ3) is 6.17. The Kier molecular flexibility index (Phi) is 8.71. The fraction of sp³-hybridized carbons (Fsp3) is 0.500. The van der Waals surface area contributed by atoms with Crippen LogP contribution in [0.25, 0.3) is 5.70 Å². The van der Waals surface area contributed by atoms with Crippen LogP contribution in [0.2, 0.25) is 0 Å². The third-order valence-corrected chi connectivity index (χ3v) is 7.85. The molecule has 4 rings (SSSR count). The Morgan fingerprint density at radius 1 is 0.921 bits per heavy atom. The molecule has 0 bridgehead atoms. The summed E-state index contributed by atoms with van der Waals surface area (Å²) in [6, 6.07) is 14.0. The number of carbonyl (C=O) groups is 1. The summed E-state index contributed by atoms with van der Waals surface area (Å²) in [6.07, 6.45) is -1.43. The highest BCUT2D eigenvalue weighted by molar-refractivity contribution is 5.67. The molecule has 0 N–H and O–H groups in total. The predicted octanol–water partition coefficient (Wildman–Crippen LogP) is 7.04. The highest BCUT2D eigenvalue weighted by Gasteiger charge is 2.38. The normalized spacial score (nSPS) is 18.3. The smallest absolute Gasteiger partial charge is 0.416 e. The molecule has 2 aliphatic rings. The highest BCUT2D eigenvalue weighted by atomic mass is 19.4.